The van der Waals surface area contributed by atoms with E-state index in [1.807, 2.05) is 12.1 Å². The van der Waals surface area contributed by atoms with Gasteiger partial charge in [-0.05, 0) is 37.1 Å². The van der Waals surface area contributed by atoms with Gasteiger partial charge in [-0.1, -0.05) is 33.1 Å². The second-order valence-corrected chi connectivity index (χ2v) is 4.73. The molecule has 112 valence electrons. The van der Waals surface area contributed by atoms with Crippen LogP contribution in [0.2, 0.25) is 0 Å². The third-order valence-corrected chi connectivity index (χ3v) is 3.01. The lowest BCUT2D eigenvalue weighted by Crippen LogP contribution is -2.25. The number of hydrogen-bond acceptors (Lipinski definition) is 3. The van der Waals surface area contributed by atoms with Gasteiger partial charge in [0.2, 0.25) is 0 Å². The molecule has 0 bridgehead atoms. The van der Waals surface area contributed by atoms with Crippen molar-refractivity contribution < 1.29 is 19.4 Å². The molecule has 0 heterocycles. The van der Waals surface area contributed by atoms with Crippen LogP contribution in [0.3, 0.4) is 0 Å². The summed E-state index contributed by atoms with van der Waals surface area (Å²) < 4.78 is 11.0. The van der Waals surface area contributed by atoms with Crippen molar-refractivity contribution in [3.63, 3.8) is 0 Å². The Kier molecular flexibility index (Phi) is 7.55. The first kappa shape index (κ1) is 16.3. The number of carboxylic acid groups (broad SMARTS) is 1. The Morgan fingerprint density at radius 1 is 1.10 bits per heavy atom. The zero-order valence-electron chi connectivity index (χ0n) is 12.3. The average Bonchev–Trinajstić information content (AvgIpc) is 2.45. The van der Waals surface area contributed by atoms with Gasteiger partial charge in [-0.2, -0.15) is 0 Å². The Labute approximate surface area is 120 Å². The molecule has 1 aromatic carbocycles. The Hall–Kier alpha value is -1.71. The number of ether oxygens (including phenoxy) is 2. The summed E-state index contributed by atoms with van der Waals surface area (Å²) in [5.74, 6) is 0.401. The standard InChI is InChI=1S/C16H24O4/c1-3-5-6-7-12-19-13-8-10-14(11-9-13)20-15(4-2)16(17)18/h8-11,15H,3-7,12H2,1-2H3,(H,17,18). The van der Waals surface area contributed by atoms with Gasteiger partial charge in [0.15, 0.2) is 6.10 Å². The number of aliphatic carboxylic acids is 1. The lowest BCUT2D eigenvalue weighted by atomic mass is 10.2. The van der Waals surface area contributed by atoms with Crippen LogP contribution in [-0.4, -0.2) is 23.8 Å². The van der Waals surface area contributed by atoms with Crippen LogP contribution >= 0.6 is 0 Å². The molecular formula is C16H24O4. The van der Waals surface area contributed by atoms with E-state index in [4.69, 9.17) is 14.6 Å². The van der Waals surface area contributed by atoms with Gasteiger partial charge < -0.3 is 14.6 Å². The fourth-order valence-corrected chi connectivity index (χ4v) is 1.81. The first-order valence-electron chi connectivity index (χ1n) is 7.29. The van der Waals surface area contributed by atoms with Crippen molar-refractivity contribution in [1.29, 1.82) is 0 Å². The lowest BCUT2D eigenvalue weighted by Gasteiger charge is -2.13. The molecule has 20 heavy (non-hydrogen) atoms. The first-order chi connectivity index (χ1) is 9.67. The zero-order valence-corrected chi connectivity index (χ0v) is 12.3. The third-order valence-electron chi connectivity index (χ3n) is 3.01. The van der Waals surface area contributed by atoms with E-state index in [9.17, 15) is 4.79 Å². The number of hydrogen-bond donors (Lipinski definition) is 1. The van der Waals surface area contributed by atoms with E-state index in [2.05, 4.69) is 6.92 Å². The zero-order chi connectivity index (χ0) is 14.8. The highest BCUT2D eigenvalue weighted by Gasteiger charge is 2.16. The van der Waals surface area contributed by atoms with Crippen LogP contribution in [-0.2, 0) is 4.79 Å². The summed E-state index contributed by atoms with van der Waals surface area (Å²) in [6.07, 6.45) is 4.34. The monoisotopic (exact) mass is 280 g/mol. The van der Waals surface area contributed by atoms with Crippen LogP contribution in [0, 0.1) is 0 Å². The van der Waals surface area contributed by atoms with Crippen molar-refractivity contribution in [2.75, 3.05) is 6.61 Å². The molecule has 0 saturated heterocycles. The second-order valence-electron chi connectivity index (χ2n) is 4.73. The largest absolute Gasteiger partial charge is 0.494 e. The molecule has 1 atom stereocenters. The molecule has 0 amide bonds. The van der Waals surface area contributed by atoms with Crippen LogP contribution in [0.5, 0.6) is 11.5 Å². The quantitative estimate of drug-likeness (QED) is 0.661. The molecule has 0 radical (unpaired) electrons. The van der Waals surface area contributed by atoms with Crippen molar-refractivity contribution in [2.24, 2.45) is 0 Å². The molecule has 0 aromatic heterocycles. The number of rotatable bonds is 10. The highest BCUT2D eigenvalue weighted by molar-refractivity contribution is 5.72. The molecule has 0 fully saturated rings. The first-order valence-corrected chi connectivity index (χ1v) is 7.29. The van der Waals surface area contributed by atoms with Gasteiger partial charge in [-0.3, -0.25) is 0 Å². The van der Waals surface area contributed by atoms with E-state index in [0.29, 0.717) is 18.8 Å². The van der Waals surface area contributed by atoms with Gasteiger partial charge in [-0.25, -0.2) is 4.79 Å². The Morgan fingerprint density at radius 3 is 2.30 bits per heavy atom. The summed E-state index contributed by atoms with van der Waals surface area (Å²) in [5.41, 5.74) is 0. The average molecular weight is 280 g/mol. The maximum absolute atomic E-state index is 10.9. The van der Waals surface area contributed by atoms with Crippen LogP contribution in [0.1, 0.15) is 46.0 Å². The molecule has 0 aliphatic carbocycles. The SMILES string of the molecule is CCCCCCOc1ccc(OC(CC)C(=O)O)cc1. The summed E-state index contributed by atoms with van der Waals surface area (Å²) in [6, 6.07) is 7.10. The molecular weight excluding hydrogens is 256 g/mol. The molecule has 0 aliphatic heterocycles. The fourth-order valence-electron chi connectivity index (χ4n) is 1.81. The number of unbranched alkanes of at least 4 members (excludes halogenated alkanes) is 3. The predicted octanol–water partition coefficient (Wildman–Crippen LogP) is 3.89. The maximum Gasteiger partial charge on any atom is 0.344 e. The minimum Gasteiger partial charge on any atom is -0.494 e. The van der Waals surface area contributed by atoms with Crippen LogP contribution < -0.4 is 9.47 Å². The molecule has 1 rings (SSSR count). The number of benzene rings is 1. The second kappa shape index (κ2) is 9.23. The van der Waals surface area contributed by atoms with Gasteiger partial charge in [0, 0.05) is 0 Å². The van der Waals surface area contributed by atoms with E-state index in [1.165, 1.54) is 19.3 Å². The molecule has 0 aliphatic rings. The number of carboxylic acids is 1. The van der Waals surface area contributed by atoms with Crippen molar-refractivity contribution in [3.05, 3.63) is 24.3 Å². The number of carbonyl (C=O) groups is 1. The van der Waals surface area contributed by atoms with Crippen molar-refractivity contribution in [2.45, 2.75) is 52.1 Å². The van der Waals surface area contributed by atoms with E-state index >= 15 is 0 Å². The molecule has 1 aromatic rings. The van der Waals surface area contributed by atoms with Crippen molar-refractivity contribution in [3.8, 4) is 11.5 Å². The maximum atomic E-state index is 10.9. The van der Waals surface area contributed by atoms with Crippen molar-refractivity contribution in [1.82, 2.24) is 0 Å². The van der Waals surface area contributed by atoms with Gasteiger partial charge in [0.05, 0.1) is 6.61 Å². The summed E-state index contributed by atoms with van der Waals surface area (Å²) in [5, 5.41) is 8.93. The van der Waals surface area contributed by atoms with E-state index < -0.39 is 12.1 Å². The topological polar surface area (TPSA) is 55.8 Å². The molecule has 1 N–H and O–H groups in total. The molecule has 0 saturated carbocycles. The van der Waals surface area contributed by atoms with E-state index in [1.54, 1.807) is 19.1 Å². The highest BCUT2D eigenvalue weighted by Crippen LogP contribution is 2.19. The van der Waals surface area contributed by atoms with Gasteiger partial charge in [-0.15, -0.1) is 0 Å². The molecule has 0 spiro atoms. The van der Waals surface area contributed by atoms with Gasteiger partial charge in [0.1, 0.15) is 11.5 Å². The van der Waals surface area contributed by atoms with E-state index in [0.717, 1.165) is 12.2 Å². The Morgan fingerprint density at radius 2 is 1.75 bits per heavy atom. The van der Waals surface area contributed by atoms with Gasteiger partial charge in [0.25, 0.3) is 0 Å². The predicted molar refractivity (Wildman–Crippen MR) is 78.4 cm³/mol. The summed E-state index contributed by atoms with van der Waals surface area (Å²) in [4.78, 5) is 10.9. The lowest BCUT2D eigenvalue weighted by molar-refractivity contribution is -0.145. The summed E-state index contributed by atoms with van der Waals surface area (Å²) >= 11 is 0. The molecule has 1 unspecified atom stereocenters. The van der Waals surface area contributed by atoms with Gasteiger partial charge >= 0.3 is 5.97 Å². The molecule has 4 heteroatoms. The van der Waals surface area contributed by atoms with Crippen molar-refractivity contribution >= 4 is 5.97 Å². The molecule has 4 nitrogen and oxygen atoms in total. The smallest absolute Gasteiger partial charge is 0.344 e. The Bertz CT molecular complexity index is 386. The summed E-state index contributed by atoms with van der Waals surface area (Å²) in [7, 11) is 0. The Balaban J connectivity index is 2.38. The van der Waals surface area contributed by atoms with Crippen LogP contribution in [0.4, 0.5) is 0 Å². The van der Waals surface area contributed by atoms with Crippen LogP contribution in [0.15, 0.2) is 24.3 Å². The fraction of sp³-hybridized carbons (Fsp3) is 0.562. The minimum absolute atomic E-state index is 0.436. The third kappa shape index (κ3) is 5.95. The highest BCUT2D eigenvalue weighted by atomic mass is 16.5. The minimum atomic E-state index is -0.941. The van der Waals surface area contributed by atoms with E-state index in [-0.39, 0.29) is 0 Å². The summed E-state index contributed by atoms with van der Waals surface area (Å²) in [6.45, 7) is 4.68. The van der Waals surface area contributed by atoms with Crippen LogP contribution in [0.25, 0.3) is 0 Å². The normalized spacial score (nSPS) is 11.9.